The van der Waals surface area contributed by atoms with E-state index in [-0.39, 0.29) is 23.8 Å². The van der Waals surface area contributed by atoms with Gasteiger partial charge < -0.3 is 5.32 Å². The van der Waals surface area contributed by atoms with Crippen LogP contribution in [-0.4, -0.2) is 15.5 Å². The Hall–Kier alpha value is -1.77. The largest absolute Gasteiger partial charge is 0.325 e. The average Bonchev–Trinajstić information content (AvgIpc) is 2.38. The van der Waals surface area contributed by atoms with E-state index < -0.39 is 0 Å². The molecule has 0 bridgehead atoms. The van der Waals surface area contributed by atoms with Crippen LogP contribution in [-0.2, 0) is 11.3 Å². The zero-order valence-electron chi connectivity index (χ0n) is 9.64. The number of rotatable bonds is 3. The number of carbonyl (C=O) groups excluding carboxylic acids is 1. The molecule has 1 N–H and O–H groups in total. The number of aromatic nitrogens is 2. The van der Waals surface area contributed by atoms with Gasteiger partial charge in [-0.05, 0) is 46.9 Å². The van der Waals surface area contributed by atoms with Crippen molar-refractivity contribution in [2.75, 3.05) is 5.32 Å². The molecule has 0 radical (unpaired) electrons. The number of nitrogens with one attached hydrogen (secondary N) is 1. The summed E-state index contributed by atoms with van der Waals surface area (Å²) in [6.07, 6.45) is 2.73. The van der Waals surface area contributed by atoms with Crippen molar-refractivity contribution in [3.63, 3.8) is 0 Å². The molecule has 0 saturated carbocycles. The van der Waals surface area contributed by atoms with Crippen molar-refractivity contribution in [2.24, 2.45) is 0 Å². The van der Waals surface area contributed by atoms with E-state index in [0.29, 0.717) is 9.26 Å². The van der Waals surface area contributed by atoms with Crippen molar-refractivity contribution in [2.45, 2.75) is 6.54 Å². The van der Waals surface area contributed by atoms with Gasteiger partial charge in [0.05, 0.1) is 9.90 Å². The van der Waals surface area contributed by atoms with Gasteiger partial charge in [0.25, 0.3) is 5.56 Å². The highest BCUT2D eigenvalue weighted by Crippen LogP contribution is 2.08. The smallest absolute Gasteiger partial charge is 0.267 e. The molecule has 0 aliphatic heterocycles. The number of benzene rings is 1. The van der Waals surface area contributed by atoms with Crippen LogP contribution in [0.4, 0.5) is 10.1 Å². The Labute approximate surface area is 121 Å². The first kappa shape index (κ1) is 13.7. The molecule has 0 atom stereocenters. The van der Waals surface area contributed by atoms with Crippen molar-refractivity contribution < 1.29 is 9.18 Å². The van der Waals surface area contributed by atoms with Crippen LogP contribution in [0, 0.1) is 9.39 Å². The monoisotopic (exact) mass is 373 g/mol. The van der Waals surface area contributed by atoms with Gasteiger partial charge in [0.1, 0.15) is 12.4 Å². The minimum atomic E-state index is -0.379. The van der Waals surface area contributed by atoms with Crippen molar-refractivity contribution in [3.05, 3.63) is 56.5 Å². The Morgan fingerprint density at radius 1 is 1.37 bits per heavy atom. The number of amides is 1. The number of hydrogen-bond donors (Lipinski definition) is 1. The number of nitrogens with zero attached hydrogens (tertiary/aromatic N) is 2. The predicted molar refractivity (Wildman–Crippen MR) is 76.2 cm³/mol. The highest BCUT2D eigenvalue weighted by Gasteiger charge is 2.07. The molecule has 0 saturated heterocycles. The van der Waals surface area contributed by atoms with Crippen LogP contribution in [0.25, 0.3) is 0 Å². The Morgan fingerprint density at radius 3 is 2.74 bits per heavy atom. The van der Waals surface area contributed by atoms with Crippen molar-refractivity contribution >= 4 is 34.2 Å². The second-order valence-corrected chi connectivity index (χ2v) is 4.89. The van der Waals surface area contributed by atoms with E-state index in [2.05, 4.69) is 10.3 Å². The van der Waals surface area contributed by atoms with Crippen LogP contribution in [0.5, 0.6) is 0 Å². The average molecular weight is 373 g/mol. The van der Waals surface area contributed by atoms with Gasteiger partial charge in [0.15, 0.2) is 0 Å². The van der Waals surface area contributed by atoms with Gasteiger partial charge in [0, 0.05) is 11.9 Å². The lowest BCUT2D eigenvalue weighted by molar-refractivity contribution is -0.116. The first-order valence-electron chi connectivity index (χ1n) is 5.31. The third-order valence-electron chi connectivity index (χ3n) is 2.30. The van der Waals surface area contributed by atoms with E-state index >= 15 is 0 Å². The highest BCUT2D eigenvalue weighted by atomic mass is 127. The first-order chi connectivity index (χ1) is 9.06. The maximum absolute atomic E-state index is 12.7. The fourth-order valence-corrected chi connectivity index (χ4v) is 1.90. The number of halogens is 2. The minimum absolute atomic E-state index is 0.139. The second kappa shape index (κ2) is 5.91. The van der Waals surface area contributed by atoms with Crippen molar-refractivity contribution in [1.29, 1.82) is 0 Å². The van der Waals surface area contributed by atoms with E-state index in [1.807, 2.05) is 22.6 Å². The zero-order valence-corrected chi connectivity index (χ0v) is 11.8. The minimum Gasteiger partial charge on any atom is -0.325 e. The summed E-state index contributed by atoms with van der Waals surface area (Å²) >= 11 is 1.85. The normalized spacial score (nSPS) is 10.2. The predicted octanol–water partition coefficient (Wildman–Crippen LogP) is 1.63. The second-order valence-electron chi connectivity index (χ2n) is 3.73. The van der Waals surface area contributed by atoms with Crippen LogP contribution in [0.1, 0.15) is 0 Å². The molecule has 1 aromatic heterocycles. The van der Waals surface area contributed by atoms with Gasteiger partial charge in [-0.15, -0.1) is 0 Å². The standard InChI is InChI=1S/C12H9FIN3O2/c13-8-1-3-9(4-2-8)16-11(18)6-17-7-15-5-10(14)12(17)19/h1-5,7H,6H2,(H,16,18). The van der Waals surface area contributed by atoms with E-state index in [1.165, 1.54) is 41.4 Å². The van der Waals surface area contributed by atoms with E-state index in [9.17, 15) is 14.0 Å². The maximum Gasteiger partial charge on any atom is 0.267 e. The molecule has 7 heteroatoms. The van der Waals surface area contributed by atoms with Crippen LogP contribution in [0.2, 0.25) is 0 Å². The lowest BCUT2D eigenvalue weighted by atomic mass is 10.3. The molecule has 0 aliphatic carbocycles. The van der Waals surface area contributed by atoms with E-state index in [0.717, 1.165) is 0 Å². The molecule has 2 rings (SSSR count). The lowest BCUT2D eigenvalue weighted by Crippen LogP contribution is -2.29. The summed E-state index contributed by atoms with van der Waals surface area (Å²) in [5, 5.41) is 2.57. The van der Waals surface area contributed by atoms with Gasteiger partial charge in [-0.1, -0.05) is 0 Å². The van der Waals surface area contributed by atoms with Crippen molar-refractivity contribution in [1.82, 2.24) is 9.55 Å². The molecule has 5 nitrogen and oxygen atoms in total. The lowest BCUT2D eigenvalue weighted by Gasteiger charge is -2.07. The molecule has 0 aliphatic rings. The van der Waals surface area contributed by atoms with Crippen LogP contribution < -0.4 is 10.9 Å². The zero-order chi connectivity index (χ0) is 13.8. The third-order valence-corrected chi connectivity index (χ3v) is 3.04. The van der Waals surface area contributed by atoms with Gasteiger partial charge in [-0.3, -0.25) is 14.2 Å². The summed E-state index contributed by atoms with van der Waals surface area (Å²) in [7, 11) is 0. The molecular weight excluding hydrogens is 364 g/mol. The quantitative estimate of drug-likeness (QED) is 0.832. The molecule has 98 valence electrons. The van der Waals surface area contributed by atoms with Crippen molar-refractivity contribution in [3.8, 4) is 0 Å². The van der Waals surface area contributed by atoms with E-state index in [1.54, 1.807) is 0 Å². The molecule has 2 aromatic rings. The summed E-state index contributed by atoms with van der Waals surface area (Å²) < 4.78 is 14.3. The van der Waals surface area contributed by atoms with E-state index in [4.69, 9.17) is 0 Å². The topological polar surface area (TPSA) is 64.0 Å². The fraction of sp³-hybridized carbons (Fsp3) is 0.0833. The summed E-state index contributed by atoms with van der Waals surface area (Å²) in [6, 6.07) is 5.38. The number of hydrogen-bond acceptors (Lipinski definition) is 3. The summed E-state index contributed by atoms with van der Waals surface area (Å²) in [6.45, 7) is -0.139. The van der Waals surface area contributed by atoms with Crippen LogP contribution in [0.15, 0.2) is 41.6 Å². The Balaban J connectivity index is 2.07. The molecule has 1 aromatic carbocycles. The van der Waals surface area contributed by atoms with Crippen LogP contribution in [0.3, 0.4) is 0 Å². The van der Waals surface area contributed by atoms with Crippen LogP contribution >= 0.6 is 22.6 Å². The van der Waals surface area contributed by atoms with Gasteiger partial charge in [-0.25, -0.2) is 9.37 Å². The summed E-state index contributed by atoms with van der Waals surface area (Å²) in [5.41, 5.74) is 0.197. The molecule has 0 unspecified atom stereocenters. The number of carbonyl (C=O) groups is 1. The Kier molecular flexibility index (Phi) is 4.25. The fourth-order valence-electron chi connectivity index (χ4n) is 1.43. The SMILES string of the molecule is O=C(Cn1cncc(I)c1=O)Nc1ccc(F)cc1. The molecule has 0 spiro atoms. The van der Waals surface area contributed by atoms with Gasteiger partial charge in [-0.2, -0.15) is 0 Å². The highest BCUT2D eigenvalue weighted by molar-refractivity contribution is 14.1. The van der Waals surface area contributed by atoms with Gasteiger partial charge >= 0.3 is 0 Å². The first-order valence-corrected chi connectivity index (χ1v) is 6.39. The maximum atomic E-state index is 12.7. The summed E-state index contributed by atoms with van der Waals surface area (Å²) in [5.74, 6) is -0.756. The van der Waals surface area contributed by atoms with Gasteiger partial charge in [0.2, 0.25) is 5.91 Å². The molecule has 1 heterocycles. The molecule has 19 heavy (non-hydrogen) atoms. The molecular formula is C12H9FIN3O2. The molecule has 1 amide bonds. The molecule has 0 fully saturated rings. The third kappa shape index (κ3) is 3.60. The number of anilines is 1. The Bertz CT molecular complexity index is 655. The Morgan fingerprint density at radius 2 is 2.05 bits per heavy atom. The summed E-state index contributed by atoms with van der Waals surface area (Å²) in [4.78, 5) is 27.3.